The van der Waals surface area contributed by atoms with Gasteiger partial charge in [0.15, 0.2) is 0 Å². The average molecular weight is 471 g/mol. The van der Waals surface area contributed by atoms with Gasteiger partial charge in [-0.15, -0.1) is 11.8 Å². The van der Waals surface area contributed by atoms with Gasteiger partial charge in [0.2, 0.25) is 11.8 Å². The molecule has 1 atom stereocenters. The summed E-state index contributed by atoms with van der Waals surface area (Å²) in [6.45, 7) is 4.26. The fourth-order valence-corrected chi connectivity index (χ4v) is 4.43. The number of thioether (sulfide) groups is 1. The van der Waals surface area contributed by atoms with E-state index in [1.165, 1.54) is 22.7 Å². The summed E-state index contributed by atoms with van der Waals surface area (Å²) in [4.78, 5) is 27.2. The standard InChI is InChI=1S/C22H25Cl2FN2O2S/c1-3-20(22(29)26-4-2)27(12-16-17(23)9-7-10-18(16)24)21(28)14-30-13-15-8-5-6-11-19(15)25/h5-11,20H,3-4,12-14H2,1-2H3,(H,26,29). The van der Waals surface area contributed by atoms with Crippen molar-refractivity contribution >= 4 is 46.8 Å². The zero-order valence-corrected chi connectivity index (χ0v) is 19.3. The molecule has 0 fully saturated rings. The van der Waals surface area contributed by atoms with E-state index in [1.54, 1.807) is 36.4 Å². The van der Waals surface area contributed by atoms with Crippen LogP contribution in [0, 0.1) is 5.82 Å². The van der Waals surface area contributed by atoms with Crippen LogP contribution in [-0.4, -0.2) is 35.1 Å². The minimum atomic E-state index is -0.654. The highest BCUT2D eigenvalue weighted by Crippen LogP contribution is 2.27. The first-order valence-corrected chi connectivity index (χ1v) is 11.6. The fraction of sp³-hybridized carbons (Fsp3) is 0.364. The molecule has 1 unspecified atom stereocenters. The molecule has 0 aliphatic heterocycles. The van der Waals surface area contributed by atoms with Crippen LogP contribution in [0.15, 0.2) is 42.5 Å². The Morgan fingerprint density at radius 3 is 2.37 bits per heavy atom. The number of nitrogens with one attached hydrogen (secondary N) is 1. The first kappa shape index (κ1) is 24.5. The van der Waals surface area contributed by atoms with E-state index in [2.05, 4.69) is 5.32 Å². The van der Waals surface area contributed by atoms with Crippen molar-refractivity contribution in [3.05, 3.63) is 69.5 Å². The molecule has 0 aliphatic rings. The Bertz CT molecular complexity index is 862. The van der Waals surface area contributed by atoms with Crippen molar-refractivity contribution in [2.45, 2.75) is 38.6 Å². The van der Waals surface area contributed by atoms with Gasteiger partial charge in [0.05, 0.1) is 5.75 Å². The number of likely N-dealkylation sites (N-methyl/N-ethyl adjacent to an activating group) is 1. The summed E-state index contributed by atoms with van der Waals surface area (Å²) in [6.07, 6.45) is 0.442. The van der Waals surface area contributed by atoms with Crippen molar-refractivity contribution in [3.8, 4) is 0 Å². The van der Waals surface area contributed by atoms with Crippen molar-refractivity contribution in [1.82, 2.24) is 10.2 Å². The molecule has 0 aliphatic carbocycles. The van der Waals surface area contributed by atoms with E-state index in [4.69, 9.17) is 23.2 Å². The molecule has 30 heavy (non-hydrogen) atoms. The highest BCUT2D eigenvalue weighted by Gasteiger charge is 2.29. The minimum absolute atomic E-state index is 0.103. The van der Waals surface area contributed by atoms with E-state index >= 15 is 0 Å². The molecule has 0 saturated carbocycles. The van der Waals surface area contributed by atoms with Gasteiger partial charge in [-0.3, -0.25) is 9.59 Å². The molecule has 0 aromatic heterocycles. The number of hydrogen-bond acceptors (Lipinski definition) is 3. The largest absolute Gasteiger partial charge is 0.355 e. The summed E-state index contributed by atoms with van der Waals surface area (Å²) < 4.78 is 13.8. The van der Waals surface area contributed by atoms with Crippen LogP contribution in [0.5, 0.6) is 0 Å². The van der Waals surface area contributed by atoms with Gasteiger partial charge in [-0.25, -0.2) is 4.39 Å². The van der Waals surface area contributed by atoms with E-state index in [0.717, 1.165) is 0 Å². The molecule has 2 rings (SSSR count). The lowest BCUT2D eigenvalue weighted by Crippen LogP contribution is -2.49. The lowest BCUT2D eigenvalue weighted by atomic mass is 10.1. The molecule has 8 heteroatoms. The second kappa shape index (κ2) is 12.2. The highest BCUT2D eigenvalue weighted by atomic mass is 35.5. The molecule has 0 saturated heterocycles. The van der Waals surface area contributed by atoms with Crippen molar-refractivity contribution in [1.29, 1.82) is 0 Å². The molecular weight excluding hydrogens is 446 g/mol. The van der Waals surface area contributed by atoms with Gasteiger partial charge in [0.1, 0.15) is 11.9 Å². The number of benzene rings is 2. The van der Waals surface area contributed by atoms with E-state index in [9.17, 15) is 14.0 Å². The van der Waals surface area contributed by atoms with Crippen LogP contribution in [0.25, 0.3) is 0 Å². The molecule has 1 N–H and O–H groups in total. The Balaban J connectivity index is 2.19. The second-order valence-corrected chi connectivity index (χ2v) is 8.42. The molecule has 2 aromatic carbocycles. The summed E-state index contributed by atoms with van der Waals surface area (Å²) in [5.74, 6) is -0.296. The molecule has 0 bridgehead atoms. The van der Waals surface area contributed by atoms with E-state index < -0.39 is 6.04 Å². The maximum atomic E-state index is 13.8. The molecule has 0 heterocycles. The molecule has 0 radical (unpaired) electrons. The molecule has 162 valence electrons. The predicted molar refractivity (Wildman–Crippen MR) is 122 cm³/mol. The summed E-state index contributed by atoms with van der Waals surface area (Å²) in [5.41, 5.74) is 1.13. The average Bonchev–Trinajstić information content (AvgIpc) is 2.71. The zero-order valence-electron chi connectivity index (χ0n) is 17.0. The zero-order chi connectivity index (χ0) is 22.1. The first-order chi connectivity index (χ1) is 14.4. The molecule has 0 spiro atoms. The van der Waals surface area contributed by atoms with Gasteiger partial charge in [0.25, 0.3) is 0 Å². The minimum Gasteiger partial charge on any atom is -0.355 e. The summed E-state index contributed by atoms with van der Waals surface area (Å²) in [6, 6.07) is 10.9. The van der Waals surface area contributed by atoms with Crippen LogP contribution in [0.3, 0.4) is 0 Å². The van der Waals surface area contributed by atoms with Crippen molar-refractivity contribution in [3.63, 3.8) is 0 Å². The van der Waals surface area contributed by atoms with Crippen molar-refractivity contribution in [2.24, 2.45) is 0 Å². The number of halogens is 3. The van der Waals surface area contributed by atoms with Crippen molar-refractivity contribution in [2.75, 3.05) is 12.3 Å². The summed E-state index contributed by atoms with van der Waals surface area (Å²) >= 11 is 13.9. The number of nitrogens with zero attached hydrogens (tertiary/aromatic N) is 1. The fourth-order valence-electron chi connectivity index (χ4n) is 3.01. The number of rotatable bonds is 10. The lowest BCUT2D eigenvalue weighted by Gasteiger charge is -2.31. The third-order valence-corrected chi connectivity index (χ3v) is 6.24. The van der Waals surface area contributed by atoms with Crippen LogP contribution in [-0.2, 0) is 21.9 Å². The highest BCUT2D eigenvalue weighted by molar-refractivity contribution is 7.99. The number of carbonyl (C=O) groups is 2. The Hall–Kier alpha value is -1.76. The van der Waals surface area contributed by atoms with E-state index in [0.29, 0.717) is 39.9 Å². The normalized spacial score (nSPS) is 11.8. The van der Waals surface area contributed by atoms with Gasteiger partial charge in [-0.2, -0.15) is 0 Å². The summed E-state index contributed by atoms with van der Waals surface area (Å²) in [5, 5.41) is 3.65. The van der Waals surface area contributed by atoms with Crippen LogP contribution in [0.4, 0.5) is 4.39 Å². The third kappa shape index (κ3) is 6.62. The smallest absolute Gasteiger partial charge is 0.242 e. The van der Waals surface area contributed by atoms with Gasteiger partial charge in [-0.05, 0) is 37.1 Å². The van der Waals surface area contributed by atoms with Crippen LogP contribution in [0.1, 0.15) is 31.4 Å². The maximum absolute atomic E-state index is 13.8. The Kier molecular flexibility index (Phi) is 9.95. The van der Waals surface area contributed by atoms with Crippen molar-refractivity contribution < 1.29 is 14.0 Å². The quantitative estimate of drug-likeness (QED) is 0.511. The molecular formula is C22H25Cl2FN2O2S. The van der Waals surface area contributed by atoms with Gasteiger partial charge >= 0.3 is 0 Å². The molecule has 4 nitrogen and oxygen atoms in total. The number of carbonyl (C=O) groups excluding carboxylic acids is 2. The third-order valence-electron chi connectivity index (χ3n) is 4.57. The topological polar surface area (TPSA) is 49.4 Å². The summed E-state index contributed by atoms with van der Waals surface area (Å²) in [7, 11) is 0. The lowest BCUT2D eigenvalue weighted by molar-refractivity contribution is -0.139. The van der Waals surface area contributed by atoms with Gasteiger partial charge in [-0.1, -0.05) is 54.4 Å². The molecule has 2 aromatic rings. The maximum Gasteiger partial charge on any atom is 0.242 e. The number of hydrogen-bond donors (Lipinski definition) is 1. The van der Waals surface area contributed by atoms with Crippen LogP contribution in [0.2, 0.25) is 10.0 Å². The van der Waals surface area contributed by atoms with E-state index in [-0.39, 0.29) is 29.9 Å². The number of amides is 2. The van der Waals surface area contributed by atoms with E-state index in [1.807, 2.05) is 13.8 Å². The SMILES string of the molecule is CCNC(=O)C(CC)N(Cc1c(Cl)cccc1Cl)C(=O)CSCc1ccccc1F. The predicted octanol–water partition coefficient (Wildman–Crippen LogP) is 5.31. The Morgan fingerprint density at radius 1 is 1.10 bits per heavy atom. The van der Waals surface area contributed by atoms with Crippen LogP contribution >= 0.6 is 35.0 Å². The van der Waals surface area contributed by atoms with Gasteiger partial charge in [0, 0.05) is 34.5 Å². The monoisotopic (exact) mass is 470 g/mol. The molecule has 2 amide bonds. The Labute approximate surface area is 191 Å². The second-order valence-electron chi connectivity index (χ2n) is 6.62. The van der Waals surface area contributed by atoms with Gasteiger partial charge < -0.3 is 10.2 Å². The van der Waals surface area contributed by atoms with Crippen LogP contribution < -0.4 is 5.32 Å². The first-order valence-electron chi connectivity index (χ1n) is 9.70. The Morgan fingerprint density at radius 2 is 1.77 bits per heavy atom.